The molecule has 0 aliphatic carbocycles. The highest BCUT2D eigenvalue weighted by Gasteiger charge is 2.30. The van der Waals surface area contributed by atoms with E-state index >= 15 is 0 Å². The first-order chi connectivity index (χ1) is 12.9. The Balaban J connectivity index is 2.02. The summed E-state index contributed by atoms with van der Waals surface area (Å²) in [6, 6.07) is 7.74. The maximum atomic E-state index is 12.7. The number of nitrogens with zero attached hydrogens (tertiary/aromatic N) is 2. The Kier molecular flexibility index (Phi) is 5.25. The average molecular weight is 375 g/mol. The minimum Gasteiger partial charge on any atom is -0.435 e. The lowest BCUT2D eigenvalue weighted by Gasteiger charge is -2.06. The molecule has 1 aromatic carbocycles. The Labute approximate surface area is 153 Å². The largest absolute Gasteiger partial charge is 0.435 e. The fourth-order valence-electron chi connectivity index (χ4n) is 2.42. The quantitative estimate of drug-likeness (QED) is 0.710. The van der Waals surface area contributed by atoms with E-state index < -0.39 is 17.6 Å². The van der Waals surface area contributed by atoms with Gasteiger partial charge in [-0.15, -0.1) is 0 Å². The van der Waals surface area contributed by atoms with Crippen molar-refractivity contribution in [2.24, 2.45) is 0 Å². The summed E-state index contributed by atoms with van der Waals surface area (Å²) >= 11 is 0. The van der Waals surface area contributed by atoms with Crippen molar-refractivity contribution in [1.82, 2.24) is 15.3 Å². The van der Waals surface area contributed by atoms with Crippen molar-refractivity contribution in [2.45, 2.75) is 19.5 Å². The summed E-state index contributed by atoms with van der Waals surface area (Å²) in [5.74, 6) is -0.108. The lowest BCUT2D eigenvalue weighted by Crippen LogP contribution is -2.24. The molecular formula is C19H16F3N3O2. The van der Waals surface area contributed by atoms with Crippen LogP contribution in [-0.4, -0.2) is 22.4 Å². The van der Waals surface area contributed by atoms with Crippen LogP contribution >= 0.6 is 0 Å². The zero-order valence-electron chi connectivity index (χ0n) is 14.4. The monoisotopic (exact) mass is 375 g/mol. The van der Waals surface area contributed by atoms with Gasteiger partial charge >= 0.3 is 6.18 Å². The molecule has 3 rings (SSSR count). The Morgan fingerprint density at radius 1 is 1.07 bits per heavy atom. The highest BCUT2D eigenvalue weighted by Crippen LogP contribution is 2.33. The summed E-state index contributed by atoms with van der Waals surface area (Å²) in [4.78, 5) is 20.6. The number of aromatic nitrogens is 2. The van der Waals surface area contributed by atoms with Crippen LogP contribution in [0.3, 0.4) is 0 Å². The fraction of sp³-hybridized carbons (Fsp3) is 0.211. The number of carbonyl (C=O) groups is 1. The van der Waals surface area contributed by atoms with Gasteiger partial charge in [0.05, 0.1) is 5.56 Å². The predicted octanol–water partition coefficient (Wildman–Crippen LogP) is 4.56. The Morgan fingerprint density at radius 2 is 1.74 bits per heavy atom. The second-order valence-electron chi connectivity index (χ2n) is 5.76. The molecule has 8 heteroatoms. The summed E-state index contributed by atoms with van der Waals surface area (Å²) in [5, 5.41) is 2.73. The third-order valence-corrected chi connectivity index (χ3v) is 3.78. The number of oxazole rings is 1. The van der Waals surface area contributed by atoms with Crippen LogP contribution in [0, 0.1) is 0 Å². The van der Waals surface area contributed by atoms with Crippen molar-refractivity contribution in [2.75, 3.05) is 6.54 Å². The van der Waals surface area contributed by atoms with Crippen molar-refractivity contribution in [3.05, 3.63) is 60.0 Å². The average Bonchev–Trinajstić information content (AvgIpc) is 3.12. The molecule has 2 aromatic heterocycles. The minimum absolute atomic E-state index is 0.0668. The molecule has 2 heterocycles. The maximum Gasteiger partial charge on any atom is 0.416 e. The molecule has 27 heavy (non-hydrogen) atoms. The van der Waals surface area contributed by atoms with E-state index in [1.165, 1.54) is 12.1 Å². The number of benzene rings is 1. The van der Waals surface area contributed by atoms with Crippen LogP contribution in [0.2, 0.25) is 0 Å². The number of nitrogens with one attached hydrogen (secondary N) is 1. The van der Waals surface area contributed by atoms with Gasteiger partial charge in [0.15, 0.2) is 11.5 Å². The molecule has 5 nitrogen and oxygen atoms in total. The van der Waals surface area contributed by atoms with E-state index in [4.69, 9.17) is 4.42 Å². The van der Waals surface area contributed by atoms with Gasteiger partial charge in [0.1, 0.15) is 0 Å². The van der Waals surface area contributed by atoms with Gasteiger partial charge in [-0.05, 0) is 42.8 Å². The zero-order valence-corrected chi connectivity index (χ0v) is 14.4. The number of amides is 1. The molecule has 0 atom stereocenters. The van der Waals surface area contributed by atoms with Gasteiger partial charge < -0.3 is 9.73 Å². The van der Waals surface area contributed by atoms with Gasteiger partial charge in [-0.25, -0.2) is 4.98 Å². The number of pyridine rings is 1. The topological polar surface area (TPSA) is 68.0 Å². The van der Waals surface area contributed by atoms with Crippen LogP contribution in [0.1, 0.15) is 29.4 Å². The van der Waals surface area contributed by atoms with Gasteiger partial charge in [0, 0.05) is 30.1 Å². The molecule has 0 bridgehead atoms. The van der Waals surface area contributed by atoms with Crippen molar-refractivity contribution in [3.8, 4) is 22.8 Å². The molecule has 0 saturated carbocycles. The molecule has 0 saturated heterocycles. The lowest BCUT2D eigenvalue weighted by atomic mass is 10.1. The van der Waals surface area contributed by atoms with Crippen LogP contribution in [0.15, 0.2) is 53.2 Å². The highest BCUT2D eigenvalue weighted by molar-refractivity contribution is 5.98. The lowest BCUT2D eigenvalue weighted by molar-refractivity contribution is -0.137. The Morgan fingerprint density at radius 3 is 2.33 bits per heavy atom. The Bertz CT molecular complexity index is 920. The summed E-state index contributed by atoms with van der Waals surface area (Å²) in [6.07, 6.45) is -0.588. The molecule has 140 valence electrons. The summed E-state index contributed by atoms with van der Waals surface area (Å²) < 4.78 is 43.9. The normalized spacial score (nSPS) is 11.4. The van der Waals surface area contributed by atoms with E-state index in [-0.39, 0.29) is 17.3 Å². The minimum atomic E-state index is -4.43. The van der Waals surface area contributed by atoms with Gasteiger partial charge in [-0.2, -0.15) is 13.2 Å². The number of hydrogen-bond donors (Lipinski definition) is 1. The van der Waals surface area contributed by atoms with Crippen molar-refractivity contribution in [3.63, 3.8) is 0 Å². The molecule has 3 aromatic rings. The van der Waals surface area contributed by atoms with E-state index in [9.17, 15) is 18.0 Å². The molecule has 1 N–H and O–H groups in total. The molecular weight excluding hydrogens is 359 g/mol. The van der Waals surface area contributed by atoms with E-state index in [1.807, 2.05) is 6.92 Å². The van der Waals surface area contributed by atoms with E-state index in [0.717, 1.165) is 18.6 Å². The molecule has 0 unspecified atom stereocenters. The first-order valence-electron chi connectivity index (χ1n) is 8.27. The number of alkyl halides is 3. The second-order valence-corrected chi connectivity index (χ2v) is 5.76. The van der Waals surface area contributed by atoms with Gasteiger partial charge in [-0.1, -0.05) is 6.92 Å². The van der Waals surface area contributed by atoms with Crippen molar-refractivity contribution >= 4 is 5.91 Å². The predicted molar refractivity (Wildman–Crippen MR) is 92.8 cm³/mol. The fourth-order valence-corrected chi connectivity index (χ4v) is 2.42. The molecule has 0 aliphatic rings. The van der Waals surface area contributed by atoms with Crippen LogP contribution < -0.4 is 5.32 Å². The van der Waals surface area contributed by atoms with Gasteiger partial charge in [-0.3, -0.25) is 9.78 Å². The number of carbonyl (C=O) groups excluding carboxylic acids is 1. The zero-order chi connectivity index (χ0) is 19.4. The molecule has 0 spiro atoms. The third-order valence-electron chi connectivity index (χ3n) is 3.78. The van der Waals surface area contributed by atoms with Crippen LogP contribution in [0.25, 0.3) is 22.8 Å². The summed E-state index contributed by atoms with van der Waals surface area (Å²) in [5.41, 5.74) is 0.239. The van der Waals surface area contributed by atoms with Crippen LogP contribution in [-0.2, 0) is 6.18 Å². The van der Waals surface area contributed by atoms with E-state index in [1.54, 1.807) is 24.5 Å². The van der Waals surface area contributed by atoms with Crippen molar-refractivity contribution < 1.29 is 22.4 Å². The smallest absolute Gasteiger partial charge is 0.416 e. The van der Waals surface area contributed by atoms with Gasteiger partial charge in [0.2, 0.25) is 5.89 Å². The van der Waals surface area contributed by atoms with Crippen molar-refractivity contribution in [1.29, 1.82) is 0 Å². The number of hydrogen-bond acceptors (Lipinski definition) is 4. The SMILES string of the molecule is CCCNC(=O)c1nc(-c2ccc(C(F)(F)F)cc2)oc1-c1ccncc1. The summed E-state index contributed by atoms with van der Waals surface area (Å²) in [6.45, 7) is 2.39. The second kappa shape index (κ2) is 7.61. The standard InChI is InChI=1S/C19H16F3N3O2/c1-2-9-24-17(26)15-16(12-7-10-23-11-8-12)27-18(25-15)13-3-5-14(6-4-13)19(20,21)22/h3-8,10-11H,2,9H2,1H3,(H,24,26). The number of rotatable bonds is 5. The first kappa shape index (κ1) is 18.6. The molecule has 0 radical (unpaired) electrons. The third kappa shape index (κ3) is 4.16. The molecule has 0 aliphatic heterocycles. The van der Waals surface area contributed by atoms with Gasteiger partial charge in [0.25, 0.3) is 5.91 Å². The van der Waals surface area contributed by atoms with Crippen LogP contribution in [0.5, 0.6) is 0 Å². The van der Waals surface area contributed by atoms with E-state index in [2.05, 4.69) is 15.3 Å². The van der Waals surface area contributed by atoms with E-state index in [0.29, 0.717) is 17.7 Å². The summed E-state index contributed by atoms with van der Waals surface area (Å²) in [7, 11) is 0. The molecule has 0 fully saturated rings. The maximum absolute atomic E-state index is 12.7. The first-order valence-corrected chi connectivity index (χ1v) is 8.27. The number of halogens is 3. The molecule has 1 amide bonds. The Hall–Kier alpha value is -3.16. The highest BCUT2D eigenvalue weighted by atomic mass is 19.4. The van der Waals surface area contributed by atoms with Crippen LogP contribution in [0.4, 0.5) is 13.2 Å².